The second kappa shape index (κ2) is 3.50. The smallest absolute Gasteiger partial charge is 0.149 e. The zero-order chi connectivity index (χ0) is 10.9. The van der Waals surface area contributed by atoms with Crippen LogP contribution in [0.2, 0.25) is 0 Å². The summed E-state index contributed by atoms with van der Waals surface area (Å²) >= 11 is 0. The normalized spacial score (nSPS) is 17.7. The molecule has 4 heteroatoms. The summed E-state index contributed by atoms with van der Waals surface area (Å²) in [6.07, 6.45) is 2.38. The number of anilines is 1. The minimum absolute atomic E-state index is 0.192. The minimum Gasteiger partial charge on any atom is -0.365 e. The van der Waals surface area contributed by atoms with Gasteiger partial charge in [-0.05, 0) is 31.4 Å². The molecule has 0 aliphatic heterocycles. The van der Waals surface area contributed by atoms with Crippen molar-refractivity contribution in [1.29, 1.82) is 5.26 Å². The molecule has 0 spiro atoms. The van der Waals surface area contributed by atoms with Crippen molar-refractivity contribution >= 4 is 5.69 Å². The summed E-state index contributed by atoms with van der Waals surface area (Å²) in [7, 11) is 0. The van der Waals surface area contributed by atoms with Crippen molar-refractivity contribution in [3.63, 3.8) is 0 Å². The Morgan fingerprint density at radius 1 is 1.33 bits per heavy atom. The summed E-state index contributed by atoms with van der Waals surface area (Å²) in [6.45, 7) is 0. The number of rotatable bonds is 2. The quantitative estimate of drug-likeness (QED) is 0.811. The zero-order valence-corrected chi connectivity index (χ0v) is 8.06. The molecule has 1 fully saturated rings. The van der Waals surface area contributed by atoms with Crippen LogP contribution in [0, 0.1) is 23.0 Å². The molecular formula is C11H10F2N2. The first-order valence-corrected chi connectivity index (χ1v) is 4.80. The van der Waals surface area contributed by atoms with Gasteiger partial charge in [-0.3, -0.25) is 0 Å². The number of nitrogens with zero attached hydrogens (tertiary/aromatic N) is 1. The van der Waals surface area contributed by atoms with Gasteiger partial charge >= 0.3 is 0 Å². The first-order valence-electron chi connectivity index (χ1n) is 4.80. The van der Waals surface area contributed by atoms with Crippen LogP contribution in [0.15, 0.2) is 18.2 Å². The van der Waals surface area contributed by atoms with Gasteiger partial charge in [-0.15, -0.1) is 0 Å². The predicted octanol–water partition coefficient (Wildman–Crippen LogP) is 2.82. The lowest BCUT2D eigenvalue weighted by atomic mass is 9.78. The lowest BCUT2D eigenvalue weighted by molar-refractivity contribution is 0.355. The maximum atomic E-state index is 13.3. The van der Waals surface area contributed by atoms with Crippen molar-refractivity contribution in [2.75, 3.05) is 5.32 Å². The number of nitriles is 1. The zero-order valence-electron chi connectivity index (χ0n) is 8.06. The molecule has 0 radical (unpaired) electrons. The number of nitrogens with one attached hydrogen (secondary N) is 1. The van der Waals surface area contributed by atoms with Crippen molar-refractivity contribution in [2.24, 2.45) is 0 Å². The Balaban J connectivity index is 2.21. The van der Waals surface area contributed by atoms with E-state index in [0.717, 1.165) is 12.5 Å². The van der Waals surface area contributed by atoms with E-state index in [4.69, 9.17) is 5.26 Å². The highest BCUT2D eigenvalue weighted by atomic mass is 19.1. The number of benzene rings is 1. The summed E-state index contributed by atoms with van der Waals surface area (Å²) in [5, 5.41) is 11.8. The van der Waals surface area contributed by atoms with E-state index in [2.05, 4.69) is 11.4 Å². The average Bonchev–Trinajstić information content (AvgIpc) is 2.14. The predicted molar refractivity (Wildman–Crippen MR) is 52.2 cm³/mol. The standard InChI is InChI=1S/C11H10F2N2/c12-8-2-3-10(9(13)6-8)15-11(7-14)4-1-5-11/h2-3,6,15H,1,4-5H2. The summed E-state index contributed by atoms with van der Waals surface area (Å²) in [4.78, 5) is 0. The van der Waals surface area contributed by atoms with Gasteiger partial charge in [0.2, 0.25) is 0 Å². The minimum atomic E-state index is -0.656. The van der Waals surface area contributed by atoms with Gasteiger partial charge in [-0.25, -0.2) is 8.78 Å². The Kier molecular flexibility index (Phi) is 2.31. The molecule has 1 aliphatic rings. The number of hydrogen-bond donors (Lipinski definition) is 1. The number of hydrogen-bond acceptors (Lipinski definition) is 2. The highest BCUT2D eigenvalue weighted by molar-refractivity contribution is 5.50. The van der Waals surface area contributed by atoms with E-state index in [9.17, 15) is 8.78 Å². The maximum absolute atomic E-state index is 13.3. The Bertz CT molecular complexity index is 419. The van der Waals surface area contributed by atoms with Crippen molar-refractivity contribution in [2.45, 2.75) is 24.8 Å². The van der Waals surface area contributed by atoms with Gasteiger partial charge in [0, 0.05) is 6.07 Å². The molecule has 0 amide bonds. The molecule has 1 saturated carbocycles. The van der Waals surface area contributed by atoms with Crippen LogP contribution in [0.4, 0.5) is 14.5 Å². The molecule has 2 rings (SSSR count). The molecular weight excluding hydrogens is 198 g/mol. The second-order valence-electron chi connectivity index (χ2n) is 3.80. The topological polar surface area (TPSA) is 35.8 Å². The third-order valence-corrected chi connectivity index (χ3v) is 2.73. The molecule has 1 aliphatic carbocycles. The molecule has 1 aromatic rings. The molecule has 1 N–H and O–H groups in total. The van der Waals surface area contributed by atoms with Crippen LogP contribution < -0.4 is 5.32 Å². The van der Waals surface area contributed by atoms with E-state index in [1.165, 1.54) is 12.1 Å². The monoisotopic (exact) mass is 208 g/mol. The summed E-state index contributed by atoms with van der Waals surface area (Å²) in [5.41, 5.74) is -0.462. The molecule has 0 saturated heterocycles. The molecule has 0 heterocycles. The van der Waals surface area contributed by atoms with Crippen molar-refractivity contribution in [3.05, 3.63) is 29.8 Å². The van der Waals surface area contributed by atoms with Crippen LogP contribution in [-0.4, -0.2) is 5.54 Å². The molecule has 78 valence electrons. The van der Waals surface area contributed by atoms with Gasteiger partial charge in [0.15, 0.2) is 0 Å². The summed E-state index contributed by atoms with van der Waals surface area (Å²) < 4.78 is 25.9. The fourth-order valence-corrected chi connectivity index (χ4v) is 1.64. The molecule has 15 heavy (non-hydrogen) atoms. The Morgan fingerprint density at radius 2 is 2.07 bits per heavy atom. The molecule has 0 bridgehead atoms. The van der Waals surface area contributed by atoms with Crippen LogP contribution in [0.1, 0.15) is 19.3 Å². The van der Waals surface area contributed by atoms with E-state index in [1.54, 1.807) is 0 Å². The highest BCUT2D eigenvalue weighted by Crippen LogP contribution is 2.35. The highest BCUT2D eigenvalue weighted by Gasteiger charge is 2.37. The average molecular weight is 208 g/mol. The summed E-state index contributed by atoms with van der Waals surface area (Å²) in [5.74, 6) is -1.27. The van der Waals surface area contributed by atoms with Gasteiger partial charge in [0.25, 0.3) is 0 Å². The fourth-order valence-electron chi connectivity index (χ4n) is 1.64. The molecule has 0 aromatic heterocycles. The largest absolute Gasteiger partial charge is 0.365 e. The van der Waals surface area contributed by atoms with Crippen LogP contribution in [0.3, 0.4) is 0 Å². The summed E-state index contributed by atoms with van der Waals surface area (Å²) in [6, 6.07) is 5.44. The lowest BCUT2D eigenvalue weighted by Gasteiger charge is -2.36. The van der Waals surface area contributed by atoms with Gasteiger partial charge in [-0.1, -0.05) is 0 Å². The maximum Gasteiger partial charge on any atom is 0.149 e. The van der Waals surface area contributed by atoms with Crippen LogP contribution >= 0.6 is 0 Å². The van der Waals surface area contributed by atoms with E-state index >= 15 is 0 Å². The number of halogens is 2. The van der Waals surface area contributed by atoms with E-state index in [-0.39, 0.29) is 5.69 Å². The van der Waals surface area contributed by atoms with Gasteiger partial charge in [0.05, 0.1) is 11.8 Å². The van der Waals surface area contributed by atoms with Crippen molar-refractivity contribution in [3.8, 4) is 6.07 Å². The van der Waals surface area contributed by atoms with Crippen LogP contribution in [0.25, 0.3) is 0 Å². The van der Waals surface area contributed by atoms with E-state index < -0.39 is 17.2 Å². The first kappa shape index (κ1) is 9.91. The Labute approximate surface area is 86.5 Å². The third-order valence-electron chi connectivity index (χ3n) is 2.73. The van der Waals surface area contributed by atoms with Gasteiger partial charge in [-0.2, -0.15) is 5.26 Å². The Hall–Kier alpha value is -1.63. The van der Waals surface area contributed by atoms with E-state index in [0.29, 0.717) is 12.8 Å². The fraction of sp³-hybridized carbons (Fsp3) is 0.364. The first-order chi connectivity index (χ1) is 7.15. The van der Waals surface area contributed by atoms with Crippen LogP contribution in [0.5, 0.6) is 0 Å². The van der Waals surface area contributed by atoms with E-state index in [1.807, 2.05) is 0 Å². The molecule has 0 unspecified atom stereocenters. The molecule has 0 atom stereocenters. The third kappa shape index (κ3) is 1.78. The van der Waals surface area contributed by atoms with Crippen molar-refractivity contribution in [1.82, 2.24) is 0 Å². The second-order valence-corrected chi connectivity index (χ2v) is 3.80. The molecule has 2 nitrogen and oxygen atoms in total. The SMILES string of the molecule is N#CC1(Nc2ccc(F)cc2F)CCC1. The lowest BCUT2D eigenvalue weighted by Crippen LogP contribution is -2.43. The van der Waals surface area contributed by atoms with Gasteiger partial charge < -0.3 is 5.32 Å². The Morgan fingerprint density at radius 3 is 2.53 bits per heavy atom. The van der Waals surface area contributed by atoms with Crippen molar-refractivity contribution < 1.29 is 8.78 Å². The van der Waals surface area contributed by atoms with Gasteiger partial charge in [0.1, 0.15) is 17.2 Å². The van der Waals surface area contributed by atoms with Crippen LogP contribution in [-0.2, 0) is 0 Å². The molecule has 1 aromatic carbocycles.